The van der Waals surface area contributed by atoms with Gasteiger partial charge in [0.1, 0.15) is 5.75 Å². The normalized spacial score (nSPS) is 10.2. The summed E-state index contributed by atoms with van der Waals surface area (Å²) in [4.78, 5) is 36.5. The van der Waals surface area contributed by atoms with Crippen molar-refractivity contribution < 1.29 is 23.9 Å². The van der Waals surface area contributed by atoms with Gasteiger partial charge >= 0.3 is 5.97 Å². The number of ether oxygens (including phenoxy) is 2. The first-order valence-electron chi connectivity index (χ1n) is 9.33. The summed E-state index contributed by atoms with van der Waals surface area (Å²) < 4.78 is 10.1. The van der Waals surface area contributed by atoms with Crippen molar-refractivity contribution in [2.45, 2.75) is 6.54 Å². The van der Waals surface area contributed by atoms with E-state index in [9.17, 15) is 14.4 Å². The summed E-state index contributed by atoms with van der Waals surface area (Å²) >= 11 is 0. The van der Waals surface area contributed by atoms with Crippen LogP contribution in [-0.4, -0.2) is 31.4 Å². The number of amides is 1. The molecule has 0 aromatic heterocycles. The van der Waals surface area contributed by atoms with Gasteiger partial charge < -0.3 is 14.8 Å². The van der Waals surface area contributed by atoms with Gasteiger partial charge in [0.2, 0.25) is 0 Å². The fourth-order valence-electron chi connectivity index (χ4n) is 2.72. The Hall–Kier alpha value is -3.93. The lowest BCUT2D eigenvalue weighted by molar-refractivity contribution is -0.124. The average molecular weight is 403 g/mol. The number of benzene rings is 3. The van der Waals surface area contributed by atoms with Crippen molar-refractivity contribution in [1.82, 2.24) is 5.32 Å². The molecular weight excluding hydrogens is 382 g/mol. The van der Waals surface area contributed by atoms with Gasteiger partial charge in [-0.3, -0.25) is 9.59 Å². The monoisotopic (exact) mass is 403 g/mol. The van der Waals surface area contributed by atoms with Crippen molar-refractivity contribution in [3.8, 4) is 5.75 Å². The van der Waals surface area contributed by atoms with E-state index in [1.54, 1.807) is 55.6 Å². The molecule has 0 spiro atoms. The van der Waals surface area contributed by atoms with Gasteiger partial charge in [-0.15, -0.1) is 0 Å². The van der Waals surface area contributed by atoms with Gasteiger partial charge in [0.25, 0.3) is 5.91 Å². The van der Waals surface area contributed by atoms with Crippen LogP contribution < -0.4 is 10.1 Å². The molecule has 30 heavy (non-hydrogen) atoms. The first-order chi connectivity index (χ1) is 14.6. The van der Waals surface area contributed by atoms with E-state index in [0.717, 1.165) is 11.3 Å². The maximum Gasteiger partial charge on any atom is 0.338 e. The van der Waals surface area contributed by atoms with Crippen LogP contribution in [0.3, 0.4) is 0 Å². The van der Waals surface area contributed by atoms with Gasteiger partial charge in [-0.2, -0.15) is 0 Å². The van der Waals surface area contributed by atoms with Crippen molar-refractivity contribution in [2.75, 3.05) is 13.7 Å². The third-order valence-corrected chi connectivity index (χ3v) is 4.40. The lowest BCUT2D eigenvalue weighted by Crippen LogP contribution is -2.28. The van der Waals surface area contributed by atoms with Crippen molar-refractivity contribution in [2.24, 2.45) is 0 Å². The number of rotatable bonds is 8. The number of hydrogen-bond donors (Lipinski definition) is 1. The van der Waals surface area contributed by atoms with E-state index < -0.39 is 11.9 Å². The molecular formula is C24H21NO5. The maximum atomic E-state index is 12.4. The Kier molecular flexibility index (Phi) is 6.95. The summed E-state index contributed by atoms with van der Waals surface area (Å²) in [5, 5.41) is 2.68. The number of nitrogens with one attached hydrogen (secondary N) is 1. The lowest BCUT2D eigenvalue weighted by Gasteiger charge is -2.08. The predicted octanol–water partition coefficient (Wildman–Crippen LogP) is 3.40. The molecule has 1 N–H and O–H groups in total. The fraction of sp³-hybridized carbons (Fsp3) is 0.125. The second-order valence-electron chi connectivity index (χ2n) is 6.47. The van der Waals surface area contributed by atoms with Crippen LogP contribution in [-0.2, 0) is 16.1 Å². The molecule has 0 fully saturated rings. The molecule has 3 rings (SSSR count). The lowest BCUT2D eigenvalue weighted by atomic mass is 10.0. The van der Waals surface area contributed by atoms with Crippen LogP contribution in [0.25, 0.3) is 0 Å². The van der Waals surface area contributed by atoms with Crippen LogP contribution in [0.1, 0.15) is 31.8 Å². The fourth-order valence-corrected chi connectivity index (χ4v) is 2.72. The molecule has 6 nitrogen and oxygen atoms in total. The molecule has 0 heterocycles. The Morgan fingerprint density at radius 3 is 2.00 bits per heavy atom. The molecule has 152 valence electrons. The van der Waals surface area contributed by atoms with Crippen molar-refractivity contribution in [3.63, 3.8) is 0 Å². The SMILES string of the molecule is COc1ccc(CNC(=O)COC(=O)c2ccc(C(=O)c3ccccc3)cc2)cc1. The van der Waals surface area contributed by atoms with E-state index in [-0.39, 0.29) is 18.0 Å². The largest absolute Gasteiger partial charge is 0.497 e. The zero-order chi connectivity index (χ0) is 21.3. The standard InChI is InChI=1S/C24H21NO5/c1-29-21-13-7-17(8-14-21)15-25-22(26)16-30-24(28)20-11-9-19(10-12-20)23(27)18-5-3-2-4-6-18/h2-14H,15-16H2,1H3,(H,25,26). The van der Waals surface area contributed by atoms with Crippen molar-refractivity contribution in [3.05, 3.63) is 101 Å². The first kappa shape index (κ1) is 20.8. The predicted molar refractivity (Wildman–Crippen MR) is 111 cm³/mol. The molecule has 0 aliphatic carbocycles. The molecule has 6 heteroatoms. The topological polar surface area (TPSA) is 81.7 Å². The highest BCUT2D eigenvalue weighted by atomic mass is 16.5. The van der Waals surface area contributed by atoms with Gasteiger partial charge in [0, 0.05) is 17.7 Å². The smallest absolute Gasteiger partial charge is 0.338 e. The Balaban J connectivity index is 1.48. The molecule has 3 aromatic carbocycles. The van der Waals surface area contributed by atoms with Crippen LogP contribution >= 0.6 is 0 Å². The minimum atomic E-state index is -0.631. The molecule has 0 radical (unpaired) electrons. The minimum absolute atomic E-state index is 0.131. The number of methoxy groups -OCH3 is 1. The Bertz CT molecular complexity index is 1010. The molecule has 0 atom stereocenters. The second kappa shape index (κ2) is 10.0. The van der Waals surface area contributed by atoms with Crippen molar-refractivity contribution >= 4 is 17.7 Å². The summed E-state index contributed by atoms with van der Waals surface area (Å²) in [6.07, 6.45) is 0. The number of carbonyl (C=O) groups excluding carboxylic acids is 3. The molecule has 0 saturated heterocycles. The molecule has 0 bridgehead atoms. The van der Waals surface area contributed by atoms with Gasteiger partial charge in [-0.1, -0.05) is 54.6 Å². The first-order valence-corrected chi connectivity index (χ1v) is 9.33. The Morgan fingerprint density at radius 1 is 0.767 bits per heavy atom. The van der Waals surface area contributed by atoms with E-state index >= 15 is 0 Å². The van der Waals surface area contributed by atoms with Crippen LogP contribution in [0.5, 0.6) is 5.75 Å². The molecule has 0 unspecified atom stereocenters. The molecule has 3 aromatic rings. The third-order valence-electron chi connectivity index (χ3n) is 4.40. The summed E-state index contributed by atoms with van der Waals surface area (Å²) in [6.45, 7) is -0.0731. The molecule has 1 amide bonds. The number of hydrogen-bond acceptors (Lipinski definition) is 5. The number of ketones is 1. The quantitative estimate of drug-likeness (QED) is 0.461. The summed E-state index contributed by atoms with van der Waals surface area (Å²) in [6, 6.07) is 22.3. The average Bonchev–Trinajstić information content (AvgIpc) is 2.81. The van der Waals surface area contributed by atoms with E-state index in [1.165, 1.54) is 12.1 Å². The Morgan fingerprint density at radius 2 is 1.37 bits per heavy atom. The van der Waals surface area contributed by atoms with E-state index in [0.29, 0.717) is 17.7 Å². The highest BCUT2D eigenvalue weighted by molar-refractivity contribution is 6.09. The Labute approximate surface area is 174 Å². The molecule has 0 aliphatic heterocycles. The van der Waals surface area contributed by atoms with E-state index in [1.807, 2.05) is 18.2 Å². The van der Waals surface area contributed by atoms with Gasteiger partial charge in [-0.25, -0.2) is 4.79 Å². The van der Waals surface area contributed by atoms with Gasteiger partial charge in [-0.05, 0) is 29.8 Å². The van der Waals surface area contributed by atoms with Gasteiger partial charge in [0.15, 0.2) is 12.4 Å². The summed E-state index contributed by atoms with van der Waals surface area (Å²) in [5.74, 6) is -0.438. The second-order valence-corrected chi connectivity index (χ2v) is 6.47. The zero-order valence-electron chi connectivity index (χ0n) is 16.5. The van der Waals surface area contributed by atoms with E-state index in [4.69, 9.17) is 9.47 Å². The number of carbonyl (C=O) groups is 3. The summed E-state index contributed by atoms with van der Waals surface area (Å²) in [5.41, 5.74) is 2.20. The van der Waals surface area contributed by atoms with Crippen LogP contribution in [0.4, 0.5) is 0 Å². The van der Waals surface area contributed by atoms with Gasteiger partial charge in [0.05, 0.1) is 12.7 Å². The van der Waals surface area contributed by atoms with Crippen LogP contribution in [0, 0.1) is 0 Å². The minimum Gasteiger partial charge on any atom is -0.497 e. The highest BCUT2D eigenvalue weighted by Gasteiger charge is 2.13. The number of esters is 1. The maximum absolute atomic E-state index is 12.4. The van der Waals surface area contributed by atoms with Crippen LogP contribution in [0.2, 0.25) is 0 Å². The molecule has 0 aliphatic rings. The van der Waals surface area contributed by atoms with E-state index in [2.05, 4.69) is 5.32 Å². The third kappa shape index (κ3) is 5.54. The zero-order valence-corrected chi connectivity index (χ0v) is 16.5. The van der Waals surface area contributed by atoms with Crippen molar-refractivity contribution in [1.29, 1.82) is 0 Å². The molecule has 0 saturated carbocycles. The summed E-state index contributed by atoms with van der Waals surface area (Å²) in [7, 11) is 1.58. The van der Waals surface area contributed by atoms with Crippen LogP contribution in [0.15, 0.2) is 78.9 Å². The highest BCUT2D eigenvalue weighted by Crippen LogP contribution is 2.12.